The molecule has 0 radical (unpaired) electrons. The lowest BCUT2D eigenvalue weighted by Gasteiger charge is -2.05. The summed E-state index contributed by atoms with van der Waals surface area (Å²) < 4.78 is 43.7. The Morgan fingerprint density at radius 1 is 1.14 bits per heavy atom. The lowest BCUT2D eigenvalue weighted by molar-refractivity contribution is -0.141. The Balaban J connectivity index is 1.88. The van der Waals surface area contributed by atoms with E-state index >= 15 is 0 Å². The maximum atomic E-state index is 12.7. The van der Waals surface area contributed by atoms with Crippen molar-refractivity contribution in [2.45, 2.75) is 6.18 Å². The van der Waals surface area contributed by atoms with Crippen molar-refractivity contribution in [2.24, 2.45) is 0 Å². The van der Waals surface area contributed by atoms with Crippen LogP contribution in [0.3, 0.4) is 0 Å². The number of aromatic carboxylic acids is 1. The van der Waals surface area contributed by atoms with Gasteiger partial charge in [-0.15, -0.1) is 0 Å². The van der Waals surface area contributed by atoms with Gasteiger partial charge in [-0.2, -0.15) is 18.2 Å². The molecule has 0 saturated heterocycles. The molecule has 28 heavy (non-hydrogen) atoms. The molecule has 0 amide bonds. The minimum Gasteiger partial charge on any atom is -0.507 e. The van der Waals surface area contributed by atoms with E-state index in [0.717, 1.165) is 0 Å². The summed E-state index contributed by atoms with van der Waals surface area (Å²) in [7, 11) is 0. The molecule has 10 heteroatoms. The van der Waals surface area contributed by atoms with Crippen LogP contribution in [0.2, 0.25) is 0 Å². The quantitative estimate of drug-likeness (QED) is 0.624. The number of hydrogen-bond acceptors (Lipinski definition) is 5. The topological polar surface area (TPSA) is 116 Å². The van der Waals surface area contributed by atoms with E-state index in [4.69, 9.17) is 9.52 Å². The molecule has 7 nitrogen and oxygen atoms in total. The fraction of sp³-hybridized carbons (Fsp3) is 0.0556. The fourth-order valence-corrected chi connectivity index (χ4v) is 2.34. The highest BCUT2D eigenvalue weighted by molar-refractivity contribution is 5.92. The van der Waals surface area contributed by atoms with Crippen molar-refractivity contribution in [2.75, 3.05) is 0 Å². The molecule has 0 saturated carbocycles. The van der Waals surface area contributed by atoms with Crippen molar-refractivity contribution < 1.29 is 32.6 Å². The van der Waals surface area contributed by atoms with E-state index in [1.807, 2.05) is 0 Å². The lowest BCUT2D eigenvalue weighted by Crippen LogP contribution is -2.19. The molecule has 2 aromatic heterocycles. The summed E-state index contributed by atoms with van der Waals surface area (Å²) in [5.41, 5.74) is -2.51. The Labute approximate surface area is 154 Å². The van der Waals surface area contributed by atoms with Crippen molar-refractivity contribution in [1.29, 1.82) is 0 Å². The Morgan fingerprint density at radius 3 is 2.57 bits per heavy atom. The van der Waals surface area contributed by atoms with Crippen LogP contribution < -0.4 is 5.69 Å². The number of benzene rings is 1. The normalized spacial score (nSPS) is 11.8. The van der Waals surface area contributed by atoms with Gasteiger partial charge in [0.25, 0.3) is 0 Å². The number of H-pyrrole nitrogens is 1. The van der Waals surface area contributed by atoms with Crippen LogP contribution in [0.5, 0.6) is 5.75 Å². The number of hydrogen-bond donors (Lipinski definition) is 3. The number of carboxylic acids is 1. The number of aromatic amines is 1. The molecule has 3 aromatic rings. The number of carbonyl (C=O) groups is 1. The third kappa shape index (κ3) is 4.11. The molecule has 0 aliphatic rings. The minimum absolute atomic E-state index is 0.216. The van der Waals surface area contributed by atoms with E-state index in [0.29, 0.717) is 11.6 Å². The molecule has 0 aliphatic heterocycles. The molecule has 0 atom stereocenters. The second-order valence-electron chi connectivity index (χ2n) is 5.60. The van der Waals surface area contributed by atoms with Gasteiger partial charge in [0.05, 0.1) is 5.69 Å². The highest BCUT2D eigenvalue weighted by atomic mass is 19.4. The predicted octanol–water partition coefficient (Wildman–Crippen LogP) is 3.62. The van der Waals surface area contributed by atoms with Crippen molar-refractivity contribution in [3.05, 3.63) is 69.6 Å². The van der Waals surface area contributed by atoms with Crippen LogP contribution in [0.1, 0.15) is 27.5 Å². The largest absolute Gasteiger partial charge is 0.507 e. The Morgan fingerprint density at radius 2 is 1.89 bits per heavy atom. The van der Waals surface area contributed by atoms with Gasteiger partial charge in [0, 0.05) is 5.56 Å². The first-order chi connectivity index (χ1) is 13.1. The number of aromatic hydroxyl groups is 1. The van der Waals surface area contributed by atoms with Crippen LogP contribution >= 0.6 is 0 Å². The number of rotatable bonds is 4. The van der Waals surface area contributed by atoms with Crippen molar-refractivity contribution >= 4 is 18.1 Å². The average Bonchev–Trinajstić information content (AvgIpc) is 3.08. The molecule has 3 rings (SSSR count). The minimum atomic E-state index is -4.72. The van der Waals surface area contributed by atoms with E-state index in [-0.39, 0.29) is 22.8 Å². The Bertz CT molecular complexity index is 1130. The Kier molecular flexibility index (Phi) is 4.78. The lowest BCUT2D eigenvalue weighted by atomic mass is 10.1. The number of halogens is 3. The molecule has 0 spiro atoms. The number of nitrogens with one attached hydrogen (secondary N) is 1. The summed E-state index contributed by atoms with van der Waals surface area (Å²) in [6, 6.07) is 7.57. The first-order valence-corrected chi connectivity index (χ1v) is 7.66. The van der Waals surface area contributed by atoms with E-state index < -0.39 is 29.3 Å². The smallest absolute Gasteiger partial charge is 0.431 e. The van der Waals surface area contributed by atoms with Crippen molar-refractivity contribution in [3.63, 3.8) is 0 Å². The number of aromatic nitrogens is 2. The summed E-state index contributed by atoms with van der Waals surface area (Å²) in [4.78, 5) is 27.4. The predicted molar refractivity (Wildman–Crippen MR) is 91.6 cm³/mol. The SMILES string of the molecule is O=C(O)c1cc(-c2ccc(/C=C/c3cc(C(F)(F)F)[nH]c(=O)n3)o2)ccc1O. The first kappa shape index (κ1) is 19.0. The van der Waals surface area contributed by atoms with Gasteiger partial charge in [0.15, 0.2) is 0 Å². The summed E-state index contributed by atoms with van der Waals surface area (Å²) >= 11 is 0. The molecular formula is C18H11F3N2O5. The fourth-order valence-electron chi connectivity index (χ4n) is 2.34. The van der Waals surface area contributed by atoms with Crippen LogP contribution in [-0.2, 0) is 6.18 Å². The van der Waals surface area contributed by atoms with Crippen LogP contribution in [0, 0.1) is 0 Å². The van der Waals surface area contributed by atoms with Crippen LogP contribution in [0.4, 0.5) is 13.2 Å². The van der Waals surface area contributed by atoms with Gasteiger partial charge in [-0.1, -0.05) is 0 Å². The number of phenols is 1. The molecular weight excluding hydrogens is 381 g/mol. The monoisotopic (exact) mass is 392 g/mol. The van der Waals surface area contributed by atoms with Crippen molar-refractivity contribution in [3.8, 4) is 17.1 Å². The third-order valence-corrected chi connectivity index (χ3v) is 3.63. The van der Waals surface area contributed by atoms with E-state index in [1.54, 1.807) is 4.98 Å². The first-order valence-electron chi connectivity index (χ1n) is 7.66. The summed E-state index contributed by atoms with van der Waals surface area (Å²) in [5, 5.41) is 18.6. The van der Waals surface area contributed by atoms with Crippen LogP contribution in [0.25, 0.3) is 23.5 Å². The summed E-state index contributed by atoms with van der Waals surface area (Å²) in [5.74, 6) is -1.21. The summed E-state index contributed by atoms with van der Waals surface area (Å²) in [6.45, 7) is 0. The molecule has 3 N–H and O–H groups in total. The maximum absolute atomic E-state index is 12.7. The number of nitrogens with zero attached hydrogens (tertiary/aromatic N) is 1. The van der Waals surface area contributed by atoms with Gasteiger partial charge in [-0.25, -0.2) is 9.59 Å². The molecule has 144 valence electrons. The standard InChI is InChI=1S/C18H11F3N2O5/c19-18(20,21)15-8-10(22-17(27)23-15)2-3-11-4-6-14(28-11)9-1-5-13(24)12(7-9)16(25)26/h1-8,24H,(H,25,26)(H,22,23,27)/b3-2+. The average molecular weight is 392 g/mol. The molecule has 2 heterocycles. The zero-order valence-electron chi connectivity index (χ0n) is 13.8. The van der Waals surface area contributed by atoms with Gasteiger partial charge in [0.2, 0.25) is 0 Å². The molecule has 0 unspecified atom stereocenters. The molecule has 0 aliphatic carbocycles. The van der Waals surface area contributed by atoms with Crippen LogP contribution in [0.15, 0.2) is 45.6 Å². The van der Waals surface area contributed by atoms with E-state index in [2.05, 4.69) is 4.98 Å². The zero-order valence-corrected chi connectivity index (χ0v) is 13.8. The maximum Gasteiger partial charge on any atom is 0.431 e. The molecule has 0 bridgehead atoms. The van der Waals surface area contributed by atoms with Crippen LogP contribution in [-0.4, -0.2) is 26.2 Å². The van der Waals surface area contributed by atoms with E-state index in [9.17, 15) is 27.9 Å². The number of carboxylic acid groups (broad SMARTS) is 1. The number of alkyl halides is 3. The van der Waals surface area contributed by atoms with E-state index in [1.165, 1.54) is 42.5 Å². The van der Waals surface area contributed by atoms with Gasteiger partial charge >= 0.3 is 17.8 Å². The van der Waals surface area contributed by atoms with Gasteiger partial charge in [-0.3, -0.25) is 0 Å². The zero-order chi connectivity index (χ0) is 20.5. The molecule has 0 fully saturated rings. The Hall–Kier alpha value is -3.82. The van der Waals surface area contributed by atoms with Crippen molar-refractivity contribution in [1.82, 2.24) is 9.97 Å². The molecule has 1 aromatic carbocycles. The second kappa shape index (κ2) is 7.06. The second-order valence-corrected chi connectivity index (χ2v) is 5.60. The van der Waals surface area contributed by atoms with Gasteiger partial charge in [0.1, 0.15) is 28.5 Å². The third-order valence-electron chi connectivity index (χ3n) is 3.63. The van der Waals surface area contributed by atoms with Gasteiger partial charge < -0.3 is 19.6 Å². The summed E-state index contributed by atoms with van der Waals surface area (Å²) in [6.07, 6.45) is -2.24. The highest BCUT2D eigenvalue weighted by Crippen LogP contribution is 2.29. The number of furan rings is 1. The van der Waals surface area contributed by atoms with Gasteiger partial charge in [-0.05, 0) is 48.6 Å². The highest BCUT2D eigenvalue weighted by Gasteiger charge is 2.32.